The number of nitrogens with two attached hydrogens (primary N) is 1. The molecule has 0 atom stereocenters. The first kappa shape index (κ1) is 17.1. The van der Waals surface area contributed by atoms with Gasteiger partial charge in [0.05, 0.1) is 17.1 Å². The van der Waals surface area contributed by atoms with Gasteiger partial charge in [-0.05, 0) is 42.5 Å². The fraction of sp³-hybridized carbons (Fsp3) is 0.350. The summed E-state index contributed by atoms with van der Waals surface area (Å²) >= 11 is 0. The first-order chi connectivity index (χ1) is 10.7. The molecule has 0 spiro atoms. The van der Waals surface area contributed by atoms with Gasteiger partial charge in [0, 0.05) is 17.8 Å². The summed E-state index contributed by atoms with van der Waals surface area (Å²) in [5.41, 5.74) is 12.0. The van der Waals surface area contributed by atoms with Crippen molar-refractivity contribution in [3.05, 3.63) is 59.9 Å². The number of rotatable bonds is 5. The summed E-state index contributed by atoms with van der Waals surface area (Å²) in [4.78, 5) is 4.56. The van der Waals surface area contributed by atoms with Gasteiger partial charge in [0.25, 0.3) is 0 Å². The third kappa shape index (κ3) is 5.13. The van der Waals surface area contributed by atoms with Crippen molar-refractivity contribution < 1.29 is 0 Å². The Labute approximate surface area is 139 Å². The zero-order valence-corrected chi connectivity index (χ0v) is 14.6. The van der Waals surface area contributed by atoms with Crippen LogP contribution in [0.3, 0.4) is 0 Å². The molecule has 122 valence electrons. The van der Waals surface area contributed by atoms with E-state index in [0.717, 1.165) is 41.3 Å². The Morgan fingerprint density at radius 1 is 1.22 bits per heavy atom. The average Bonchev–Trinajstić information content (AvgIpc) is 2.46. The lowest BCUT2D eigenvalue weighted by molar-refractivity contribution is 0.398. The number of benzene rings is 1. The second-order valence-electron chi connectivity index (χ2n) is 7.27. The van der Waals surface area contributed by atoms with Gasteiger partial charge in [0.2, 0.25) is 0 Å². The molecule has 0 amide bonds. The van der Waals surface area contributed by atoms with Gasteiger partial charge in [-0.1, -0.05) is 45.5 Å². The Balaban J connectivity index is 2.08. The molecule has 0 saturated carbocycles. The minimum absolute atomic E-state index is 0.247. The fourth-order valence-corrected chi connectivity index (χ4v) is 2.50. The standard InChI is InChI=1S/C20H27N3/c1-14(12-20(3,4)5)22-13-16-7-6-8-17(11-16)19-10-9-18(21)15(2)23-19/h6-11,22H,1,12-13,21H2,2-5H3. The normalized spacial score (nSPS) is 11.3. The number of allylic oxidation sites excluding steroid dienone is 1. The molecule has 0 radical (unpaired) electrons. The molecule has 0 unspecified atom stereocenters. The number of nitrogens with one attached hydrogen (secondary N) is 1. The Kier molecular flexibility index (Phi) is 5.09. The molecule has 3 N–H and O–H groups in total. The van der Waals surface area contributed by atoms with Crippen LogP contribution in [0.2, 0.25) is 0 Å². The van der Waals surface area contributed by atoms with E-state index in [9.17, 15) is 0 Å². The van der Waals surface area contributed by atoms with Crippen LogP contribution in [-0.2, 0) is 6.54 Å². The quantitative estimate of drug-likeness (QED) is 0.843. The van der Waals surface area contributed by atoms with Gasteiger partial charge in [-0.2, -0.15) is 0 Å². The number of nitrogens with zero attached hydrogens (tertiary/aromatic N) is 1. The van der Waals surface area contributed by atoms with Crippen molar-refractivity contribution in [1.29, 1.82) is 0 Å². The molecule has 0 bridgehead atoms. The number of aryl methyl sites for hydroxylation is 1. The number of pyridine rings is 1. The summed E-state index contributed by atoms with van der Waals surface area (Å²) in [6.07, 6.45) is 0.964. The highest BCUT2D eigenvalue weighted by Crippen LogP contribution is 2.23. The van der Waals surface area contributed by atoms with Crippen molar-refractivity contribution in [2.75, 3.05) is 5.73 Å². The summed E-state index contributed by atoms with van der Waals surface area (Å²) in [7, 11) is 0. The molecule has 1 aromatic heterocycles. The third-order valence-electron chi connectivity index (χ3n) is 3.64. The smallest absolute Gasteiger partial charge is 0.0706 e. The number of aromatic nitrogens is 1. The number of anilines is 1. The largest absolute Gasteiger partial charge is 0.397 e. The minimum atomic E-state index is 0.247. The summed E-state index contributed by atoms with van der Waals surface area (Å²) in [5, 5.41) is 3.42. The van der Waals surface area contributed by atoms with Crippen LogP contribution < -0.4 is 11.1 Å². The lowest BCUT2D eigenvalue weighted by Gasteiger charge is -2.20. The van der Waals surface area contributed by atoms with Crippen LogP contribution in [0, 0.1) is 12.3 Å². The van der Waals surface area contributed by atoms with Crippen LogP contribution in [0.1, 0.15) is 38.4 Å². The first-order valence-corrected chi connectivity index (χ1v) is 7.99. The van der Waals surface area contributed by atoms with E-state index in [2.05, 4.69) is 61.9 Å². The highest BCUT2D eigenvalue weighted by Gasteiger charge is 2.11. The topological polar surface area (TPSA) is 50.9 Å². The lowest BCUT2D eigenvalue weighted by atomic mass is 9.91. The summed E-state index contributed by atoms with van der Waals surface area (Å²) in [6, 6.07) is 12.3. The van der Waals surface area contributed by atoms with Crippen molar-refractivity contribution in [2.24, 2.45) is 5.41 Å². The van der Waals surface area contributed by atoms with E-state index in [0.29, 0.717) is 0 Å². The molecule has 23 heavy (non-hydrogen) atoms. The van der Waals surface area contributed by atoms with Crippen LogP contribution in [-0.4, -0.2) is 4.98 Å². The van der Waals surface area contributed by atoms with E-state index in [1.165, 1.54) is 5.56 Å². The van der Waals surface area contributed by atoms with E-state index in [1.807, 2.05) is 19.1 Å². The van der Waals surface area contributed by atoms with Crippen LogP contribution in [0.15, 0.2) is 48.7 Å². The van der Waals surface area contributed by atoms with Crippen molar-refractivity contribution in [3.63, 3.8) is 0 Å². The molecule has 0 fully saturated rings. The van der Waals surface area contributed by atoms with Gasteiger partial charge in [-0.3, -0.25) is 4.98 Å². The molecule has 0 aliphatic rings. The molecular formula is C20H27N3. The van der Waals surface area contributed by atoms with Gasteiger partial charge >= 0.3 is 0 Å². The van der Waals surface area contributed by atoms with E-state index in [4.69, 9.17) is 5.73 Å². The van der Waals surface area contributed by atoms with Gasteiger partial charge in [-0.15, -0.1) is 0 Å². The van der Waals surface area contributed by atoms with Gasteiger partial charge < -0.3 is 11.1 Å². The fourth-order valence-electron chi connectivity index (χ4n) is 2.50. The monoisotopic (exact) mass is 309 g/mol. The predicted molar refractivity (Wildman–Crippen MR) is 98.9 cm³/mol. The van der Waals surface area contributed by atoms with Crippen LogP contribution >= 0.6 is 0 Å². The summed E-state index contributed by atoms with van der Waals surface area (Å²) < 4.78 is 0. The van der Waals surface area contributed by atoms with Crippen LogP contribution in [0.25, 0.3) is 11.3 Å². The highest BCUT2D eigenvalue weighted by atomic mass is 14.9. The molecule has 0 aliphatic heterocycles. The first-order valence-electron chi connectivity index (χ1n) is 7.99. The molecular weight excluding hydrogens is 282 g/mol. The number of nitrogen functional groups attached to an aromatic ring is 1. The van der Waals surface area contributed by atoms with E-state index in [-0.39, 0.29) is 5.41 Å². The van der Waals surface area contributed by atoms with E-state index in [1.54, 1.807) is 0 Å². The summed E-state index contributed by atoms with van der Waals surface area (Å²) in [6.45, 7) is 13.5. The SMILES string of the molecule is C=C(CC(C)(C)C)NCc1cccc(-c2ccc(N)c(C)n2)c1. The maximum absolute atomic E-state index is 5.85. The van der Waals surface area contributed by atoms with Crippen molar-refractivity contribution in [3.8, 4) is 11.3 Å². The zero-order chi connectivity index (χ0) is 17.0. The van der Waals surface area contributed by atoms with E-state index < -0.39 is 0 Å². The predicted octanol–water partition coefficient (Wildman–Crippen LogP) is 4.68. The van der Waals surface area contributed by atoms with Crippen molar-refractivity contribution in [1.82, 2.24) is 10.3 Å². The molecule has 2 aromatic rings. The maximum atomic E-state index is 5.85. The molecule has 1 heterocycles. The van der Waals surface area contributed by atoms with Crippen molar-refractivity contribution >= 4 is 5.69 Å². The zero-order valence-electron chi connectivity index (χ0n) is 14.6. The molecule has 2 rings (SSSR count). The Morgan fingerprint density at radius 2 is 1.96 bits per heavy atom. The Morgan fingerprint density at radius 3 is 2.61 bits per heavy atom. The molecule has 3 nitrogen and oxygen atoms in total. The molecule has 0 saturated heterocycles. The number of hydrogen-bond donors (Lipinski definition) is 2. The van der Waals surface area contributed by atoms with Crippen molar-refractivity contribution in [2.45, 2.75) is 40.7 Å². The Bertz CT molecular complexity index is 696. The van der Waals surface area contributed by atoms with E-state index >= 15 is 0 Å². The van der Waals surface area contributed by atoms with Gasteiger partial charge in [0.1, 0.15) is 0 Å². The number of hydrogen-bond acceptors (Lipinski definition) is 3. The highest BCUT2D eigenvalue weighted by molar-refractivity contribution is 5.62. The maximum Gasteiger partial charge on any atom is 0.0706 e. The summed E-state index contributed by atoms with van der Waals surface area (Å²) in [5.74, 6) is 0. The molecule has 1 aromatic carbocycles. The van der Waals surface area contributed by atoms with Gasteiger partial charge in [0.15, 0.2) is 0 Å². The molecule has 3 heteroatoms. The average molecular weight is 309 g/mol. The van der Waals surface area contributed by atoms with Crippen LogP contribution in [0.5, 0.6) is 0 Å². The second kappa shape index (κ2) is 6.86. The van der Waals surface area contributed by atoms with Crippen LogP contribution in [0.4, 0.5) is 5.69 Å². The lowest BCUT2D eigenvalue weighted by Crippen LogP contribution is -2.17. The Hall–Kier alpha value is -2.29. The van der Waals surface area contributed by atoms with Gasteiger partial charge in [-0.25, -0.2) is 0 Å². The third-order valence-corrected chi connectivity index (χ3v) is 3.64. The minimum Gasteiger partial charge on any atom is -0.397 e. The molecule has 0 aliphatic carbocycles. The second-order valence-corrected chi connectivity index (χ2v) is 7.27.